The number of halogens is 2. The number of carbonyl (C=O) groups excluding carboxylic acids is 1. The van der Waals surface area contributed by atoms with Crippen molar-refractivity contribution in [3.63, 3.8) is 0 Å². The molecule has 2 saturated carbocycles. The lowest BCUT2D eigenvalue weighted by Gasteiger charge is -2.35. The van der Waals surface area contributed by atoms with Gasteiger partial charge in [0.05, 0.1) is 16.6 Å². The maximum Gasteiger partial charge on any atom is 0.268 e. The number of fused-ring (bicyclic) bond motifs is 1. The first-order valence-electron chi connectivity index (χ1n) is 11.5. The third-order valence-corrected chi connectivity index (χ3v) is 7.02. The van der Waals surface area contributed by atoms with Crippen LogP contribution in [0.15, 0.2) is 35.4 Å². The number of pyridine rings is 3. The molecule has 3 aromatic rings. The van der Waals surface area contributed by atoms with Crippen molar-refractivity contribution in [1.82, 2.24) is 15.0 Å². The highest BCUT2D eigenvalue weighted by molar-refractivity contribution is 6.03. The highest BCUT2D eigenvalue weighted by Gasteiger charge is 2.46. The average molecular weight is 453 g/mol. The van der Waals surface area contributed by atoms with E-state index >= 15 is 0 Å². The number of hydrogen-bond acceptors (Lipinski definition) is 4. The molecule has 172 valence electrons. The summed E-state index contributed by atoms with van der Waals surface area (Å²) in [7, 11) is 0. The minimum Gasteiger partial charge on any atom is -0.364 e. The second-order valence-electron chi connectivity index (χ2n) is 9.43. The van der Waals surface area contributed by atoms with Gasteiger partial charge < -0.3 is 10.7 Å². The molecule has 0 aliphatic heterocycles. The molecule has 0 atom stereocenters. The molecule has 2 aliphatic rings. The predicted octanol–water partition coefficient (Wildman–Crippen LogP) is 4.72. The van der Waals surface area contributed by atoms with E-state index in [4.69, 9.17) is 5.73 Å². The van der Waals surface area contributed by atoms with Crippen molar-refractivity contribution in [3.05, 3.63) is 57.8 Å². The Kier molecular flexibility index (Phi) is 5.46. The SMILES string of the molecule is NC(=O)c1nccc2[nH]c(-c3cnc(C4CC(F)(F)C4)cc3CC3CCCCC3)cc(=O)c12. The summed E-state index contributed by atoms with van der Waals surface area (Å²) in [6, 6.07) is 5.02. The minimum absolute atomic E-state index is 0.0675. The van der Waals surface area contributed by atoms with Gasteiger partial charge in [-0.3, -0.25) is 19.6 Å². The smallest absolute Gasteiger partial charge is 0.268 e. The van der Waals surface area contributed by atoms with E-state index in [9.17, 15) is 18.4 Å². The number of aromatic nitrogens is 3. The number of nitrogens with two attached hydrogens (primary N) is 1. The van der Waals surface area contributed by atoms with Crippen molar-refractivity contribution in [2.75, 3.05) is 0 Å². The number of nitrogens with zero attached hydrogens (tertiary/aromatic N) is 2. The minimum atomic E-state index is -2.61. The van der Waals surface area contributed by atoms with Crippen LogP contribution in [0.4, 0.5) is 8.78 Å². The highest BCUT2D eigenvalue weighted by atomic mass is 19.3. The van der Waals surface area contributed by atoms with Crippen molar-refractivity contribution in [2.24, 2.45) is 11.7 Å². The van der Waals surface area contributed by atoms with E-state index in [-0.39, 0.29) is 35.3 Å². The molecule has 0 bridgehead atoms. The van der Waals surface area contributed by atoms with Crippen LogP contribution in [0.25, 0.3) is 22.2 Å². The van der Waals surface area contributed by atoms with Crippen LogP contribution in [-0.2, 0) is 6.42 Å². The highest BCUT2D eigenvalue weighted by Crippen LogP contribution is 2.48. The largest absolute Gasteiger partial charge is 0.364 e. The third kappa shape index (κ3) is 4.26. The van der Waals surface area contributed by atoms with Gasteiger partial charge in [0.1, 0.15) is 5.69 Å². The Morgan fingerprint density at radius 1 is 1.15 bits per heavy atom. The lowest BCUT2D eigenvalue weighted by Crippen LogP contribution is -2.34. The number of hydrogen-bond donors (Lipinski definition) is 2. The van der Waals surface area contributed by atoms with E-state index in [2.05, 4.69) is 15.0 Å². The van der Waals surface area contributed by atoms with Gasteiger partial charge in [0.15, 0.2) is 5.43 Å². The van der Waals surface area contributed by atoms with Gasteiger partial charge in [0.25, 0.3) is 5.91 Å². The van der Waals surface area contributed by atoms with Gasteiger partial charge in [-0.2, -0.15) is 0 Å². The van der Waals surface area contributed by atoms with Gasteiger partial charge in [0.2, 0.25) is 5.92 Å². The van der Waals surface area contributed by atoms with Crippen molar-refractivity contribution >= 4 is 16.8 Å². The fourth-order valence-corrected chi connectivity index (χ4v) is 5.25. The van der Waals surface area contributed by atoms with Gasteiger partial charge in [-0.25, -0.2) is 8.78 Å². The summed E-state index contributed by atoms with van der Waals surface area (Å²) in [4.78, 5) is 36.4. The zero-order chi connectivity index (χ0) is 23.2. The fourth-order valence-electron chi connectivity index (χ4n) is 5.25. The van der Waals surface area contributed by atoms with Gasteiger partial charge in [-0.1, -0.05) is 32.1 Å². The Morgan fingerprint density at radius 3 is 2.61 bits per heavy atom. The lowest BCUT2D eigenvalue weighted by atomic mass is 9.77. The maximum absolute atomic E-state index is 13.5. The summed E-state index contributed by atoms with van der Waals surface area (Å²) in [6.07, 6.45) is 9.52. The van der Waals surface area contributed by atoms with Crippen molar-refractivity contribution in [2.45, 2.75) is 63.2 Å². The number of carbonyl (C=O) groups is 1. The monoisotopic (exact) mass is 452 g/mol. The number of amides is 1. The summed E-state index contributed by atoms with van der Waals surface area (Å²) in [5.41, 5.74) is 8.51. The summed E-state index contributed by atoms with van der Waals surface area (Å²) in [5, 5.41) is 0.156. The molecule has 0 saturated heterocycles. The molecule has 0 aromatic carbocycles. The first kappa shape index (κ1) is 21.7. The number of nitrogens with one attached hydrogen (secondary N) is 1. The first-order valence-corrected chi connectivity index (χ1v) is 11.5. The van der Waals surface area contributed by atoms with Gasteiger partial charge >= 0.3 is 0 Å². The van der Waals surface area contributed by atoms with Gasteiger partial charge in [-0.05, 0) is 30.0 Å². The second kappa shape index (κ2) is 8.32. The Labute approximate surface area is 189 Å². The van der Waals surface area contributed by atoms with Crippen LogP contribution < -0.4 is 11.2 Å². The van der Waals surface area contributed by atoms with Crippen LogP contribution in [0.1, 0.15) is 72.6 Å². The van der Waals surface area contributed by atoms with Gasteiger partial charge in [0, 0.05) is 48.5 Å². The van der Waals surface area contributed by atoms with E-state index in [1.165, 1.54) is 31.5 Å². The molecule has 2 aliphatic carbocycles. The molecule has 3 N–H and O–H groups in total. The maximum atomic E-state index is 13.5. The predicted molar refractivity (Wildman–Crippen MR) is 121 cm³/mol. The van der Waals surface area contributed by atoms with Gasteiger partial charge in [-0.15, -0.1) is 0 Å². The zero-order valence-electron chi connectivity index (χ0n) is 18.2. The van der Waals surface area contributed by atoms with E-state index in [0.717, 1.165) is 30.4 Å². The molecule has 0 radical (unpaired) electrons. The molecule has 6 nitrogen and oxygen atoms in total. The zero-order valence-corrected chi connectivity index (χ0v) is 18.2. The van der Waals surface area contributed by atoms with Crippen LogP contribution in [0.5, 0.6) is 0 Å². The number of alkyl halides is 2. The van der Waals surface area contributed by atoms with Crippen molar-refractivity contribution in [3.8, 4) is 11.3 Å². The summed E-state index contributed by atoms with van der Waals surface area (Å²) in [5.74, 6) is -3.09. The molecule has 33 heavy (non-hydrogen) atoms. The molecule has 5 rings (SSSR count). The van der Waals surface area contributed by atoms with E-state index in [1.807, 2.05) is 6.07 Å². The topological polar surface area (TPSA) is 102 Å². The number of primary amides is 1. The van der Waals surface area contributed by atoms with Crippen LogP contribution in [0.2, 0.25) is 0 Å². The Morgan fingerprint density at radius 2 is 1.91 bits per heavy atom. The molecule has 3 heterocycles. The van der Waals surface area contributed by atoms with E-state index in [1.54, 1.807) is 12.3 Å². The molecule has 0 spiro atoms. The Balaban J connectivity index is 1.58. The molecular formula is C25H26F2N4O2. The first-order chi connectivity index (χ1) is 15.8. The molecule has 3 aromatic heterocycles. The van der Waals surface area contributed by atoms with Crippen LogP contribution in [0, 0.1) is 5.92 Å². The molecule has 0 unspecified atom stereocenters. The number of H-pyrrole nitrogens is 1. The summed E-state index contributed by atoms with van der Waals surface area (Å²) >= 11 is 0. The Bertz CT molecular complexity index is 1270. The molecule has 2 fully saturated rings. The Hall–Kier alpha value is -3.16. The number of rotatable bonds is 5. The number of aromatic amines is 1. The lowest BCUT2D eigenvalue weighted by molar-refractivity contribution is -0.0876. The third-order valence-electron chi connectivity index (χ3n) is 7.02. The fraction of sp³-hybridized carbons (Fsp3) is 0.440. The molecular weight excluding hydrogens is 426 g/mol. The second-order valence-corrected chi connectivity index (χ2v) is 9.43. The van der Waals surface area contributed by atoms with Crippen LogP contribution in [0.3, 0.4) is 0 Å². The van der Waals surface area contributed by atoms with Crippen LogP contribution >= 0.6 is 0 Å². The van der Waals surface area contributed by atoms with Crippen molar-refractivity contribution in [1.29, 1.82) is 0 Å². The standard InChI is InChI=1S/C25H26F2N4O2/c26-25(27)11-16(12-25)19-9-15(8-14-4-2-1-3-5-14)17(13-30-19)20-10-21(32)22-18(31-20)6-7-29-23(22)24(28)33/h6-7,9-10,13-14,16H,1-5,8,11-12H2,(H2,28,33)(H,31,32). The normalized spacial score (nSPS) is 18.8. The average Bonchev–Trinajstić information content (AvgIpc) is 2.77. The summed E-state index contributed by atoms with van der Waals surface area (Å²) < 4.78 is 26.9. The summed E-state index contributed by atoms with van der Waals surface area (Å²) in [6.45, 7) is 0. The molecule has 8 heteroatoms. The van der Waals surface area contributed by atoms with Crippen LogP contribution in [-0.4, -0.2) is 26.8 Å². The van der Waals surface area contributed by atoms with E-state index in [0.29, 0.717) is 22.8 Å². The molecule has 1 amide bonds. The quantitative estimate of drug-likeness (QED) is 0.585. The van der Waals surface area contributed by atoms with E-state index < -0.39 is 11.8 Å². The van der Waals surface area contributed by atoms with Crippen molar-refractivity contribution < 1.29 is 13.6 Å².